The van der Waals surface area contributed by atoms with Gasteiger partial charge in [0, 0.05) is 45.0 Å². The highest BCUT2D eigenvalue weighted by atomic mass is 127. The smallest absolute Gasteiger partial charge is 0.194 e. The largest absolute Gasteiger partial charge is 0.354 e. The van der Waals surface area contributed by atoms with Gasteiger partial charge in [-0.15, -0.1) is 24.0 Å². The number of hydrogen-bond acceptors (Lipinski definition) is 5. The highest BCUT2D eigenvalue weighted by Crippen LogP contribution is 2.19. The number of aromatic nitrogens is 1. The van der Waals surface area contributed by atoms with Crippen molar-refractivity contribution >= 4 is 45.6 Å². The number of piperazine rings is 1. The summed E-state index contributed by atoms with van der Waals surface area (Å²) in [5.74, 6) is 1.50. The third-order valence-corrected chi connectivity index (χ3v) is 6.70. The molecule has 2 saturated heterocycles. The van der Waals surface area contributed by atoms with Gasteiger partial charge in [0.15, 0.2) is 27.4 Å². The number of hydrogen-bond donors (Lipinski definition) is 1. The monoisotopic (exact) mass is 525 g/mol. The van der Waals surface area contributed by atoms with Crippen LogP contribution in [0.15, 0.2) is 23.3 Å². The molecular formula is C18H29FIN5O2S. The molecule has 2 aliphatic heterocycles. The first-order chi connectivity index (χ1) is 12.8. The first-order valence-corrected chi connectivity index (χ1v) is 11.3. The zero-order chi connectivity index (χ0) is 19.4. The fourth-order valence-electron chi connectivity index (χ4n) is 3.47. The molecule has 0 amide bonds. The minimum Gasteiger partial charge on any atom is -0.354 e. The van der Waals surface area contributed by atoms with Crippen LogP contribution in [0.4, 0.5) is 10.2 Å². The molecule has 1 aromatic heterocycles. The molecule has 2 fully saturated rings. The van der Waals surface area contributed by atoms with Gasteiger partial charge in [-0.1, -0.05) is 0 Å². The van der Waals surface area contributed by atoms with Crippen molar-refractivity contribution in [3.63, 3.8) is 0 Å². The SMILES string of the molecule is CC(C)NC(=NCC1CCS(=O)(=O)C1)N1CCN(c2ncccc2F)CC1.I. The maximum Gasteiger partial charge on any atom is 0.194 e. The molecule has 1 N–H and O–H groups in total. The van der Waals surface area contributed by atoms with E-state index in [1.54, 1.807) is 12.3 Å². The van der Waals surface area contributed by atoms with E-state index in [4.69, 9.17) is 4.99 Å². The van der Waals surface area contributed by atoms with Gasteiger partial charge < -0.3 is 15.1 Å². The van der Waals surface area contributed by atoms with Crippen LogP contribution in [0.25, 0.3) is 0 Å². The topological polar surface area (TPSA) is 77.9 Å². The van der Waals surface area contributed by atoms with Gasteiger partial charge in [0.1, 0.15) is 0 Å². The van der Waals surface area contributed by atoms with Crippen LogP contribution in [0.3, 0.4) is 0 Å². The Morgan fingerprint density at radius 2 is 2.07 bits per heavy atom. The summed E-state index contributed by atoms with van der Waals surface area (Å²) in [5.41, 5.74) is 0. The first-order valence-electron chi connectivity index (χ1n) is 9.46. The highest BCUT2D eigenvalue weighted by molar-refractivity contribution is 14.0. The predicted octanol–water partition coefficient (Wildman–Crippen LogP) is 1.75. The average Bonchev–Trinajstić information content (AvgIpc) is 2.98. The van der Waals surface area contributed by atoms with E-state index in [0.717, 1.165) is 5.96 Å². The summed E-state index contributed by atoms with van der Waals surface area (Å²) < 4.78 is 37.2. The Morgan fingerprint density at radius 3 is 2.64 bits per heavy atom. The number of rotatable bonds is 4. The normalized spacial score (nSPS) is 22.3. The molecule has 10 heteroatoms. The van der Waals surface area contributed by atoms with Gasteiger partial charge in [-0.2, -0.15) is 0 Å². The number of pyridine rings is 1. The molecule has 0 saturated carbocycles. The van der Waals surface area contributed by atoms with Crippen LogP contribution >= 0.6 is 24.0 Å². The summed E-state index contributed by atoms with van der Waals surface area (Å²) in [7, 11) is -2.89. The second-order valence-electron chi connectivity index (χ2n) is 7.52. The van der Waals surface area contributed by atoms with Gasteiger partial charge in [-0.3, -0.25) is 4.99 Å². The Bertz CT molecular complexity index is 782. The fourth-order valence-corrected chi connectivity index (χ4v) is 5.32. The quantitative estimate of drug-likeness (QED) is 0.367. The molecule has 0 bridgehead atoms. The number of aliphatic imine (C=N–C) groups is 1. The lowest BCUT2D eigenvalue weighted by atomic mass is 10.1. The minimum atomic E-state index is -2.89. The zero-order valence-corrected chi connectivity index (χ0v) is 19.5. The Labute approximate surface area is 183 Å². The molecule has 0 spiro atoms. The molecule has 2 aliphatic rings. The van der Waals surface area contributed by atoms with Crippen molar-refractivity contribution in [2.45, 2.75) is 26.3 Å². The van der Waals surface area contributed by atoms with Gasteiger partial charge in [0.2, 0.25) is 0 Å². The van der Waals surface area contributed by atoms with E-state index in [2.05, 4.69) is 29.0 Å². The van der Waals surface area contributed by atoms with Crippen molar-refractivity contribution < 1.29 is 12.8 Å². The van der Waals surface area contributed by atoms with Crippen LogP contribution in [0.5, 0.6) is 0 Å². The van der Waals surface area contributed by atoms with Gasteiger partial charge >= 0.3 is 0 Å². The summed E-state index contributed by atoms with van der Waals surface area (Å²) in [6.45, 7) is 7.34. The molecule has 1 unspecified atom stereocenters. The lowest BCUT2D eigenvalue weighted by Crippen LogP contribution is -2.54. The second-order valence-corrected chi connectivity index (χ2v) is 9.74. The maximum atomic E-state index is 14.0. The molecule has 3 heterocycles. The Kier molecular flexibility index (Phi) is 8.29. The molecule has 0 aliphatic carbocycles. The summed E-state index contributed by atoms with van der Waals surface area (Å²) >= 11 is 0. The van der Waals surface area contributed by atoms with Crippen molar-refractivity contribution in [3.05, 3.63) is 24.1 Å². The summed E-state index contributed by atoms with van der Waals surface area (Å²) in [6.07, 6.45) is 2.29. The molecule has 3 rings (SSSR count). The summed E-state index contributed by atoms with van der Waals surface area (Å²) in [6, 6.07) is 3.25. The van der Waals surface area contributed by atoms with E-state index >= 15 is 0 Å². The molecule has 158 valence electrons. The highest BCUT2D eigenvalue weighted by Gasteiger charge is 2.28. The molecule has 28 heavy (non-hydrogen) atoms. The van der Waals surface area contributed by atoms with Crippen molar-refractivity contribution in [2.24, 2.45) is 10.9 Å². The number of nitrogens with one attached hydrogen (secondary N) is 1. The van der Waals surface area contributed by atoms with Crippen LogP contribution in [0.2, 0.25) is 0 Å². The van der Waals surface area contributed by atoms with E-state index in [1.807, 2.05) is 4.90 Å². The van der Waals surface area contributed by atoms with Crippen molar-refractivity contribution in [1.29, 1.82) is 0 Å². The summed E-state index contributed by atoms with van der Waals surface area (Å²) in [4.78, 5) is 13.0. The van der Waals surface area contributed by atoms with Gasteiger partial charge in [-0.25, -0.2) is 17.8 Å². The lowest BCUT2D eigenvalue weighted by molar-refractivity contribution is 0.364. The van der Waals surface area contributed by atoms with Crippen molar-refractivity contribution in [1.82, 2.24) is 15.2 Å². The van der Waals surface area contributed by atoms with Gasteiger partial charge in [0.05, 0.1) is 11.5 Å². The molecule has 0 aromatic carbocycles. The number of sulfone groups is 1. The first kappa shape index (κ1) is 23.1. The van der Waals surface area contributed by atoms with Crippen LogP contribution in [-0.4, -0.2) is 74.5 Å². The van der Waals surface area contributed by atoms with E-state index in [0.29, 0.717) is 45.0 Å². The number of guanidine groups is 1. The third-order valence-electron chi connectivity index (χ3n) is 4.86. The molecule has 0 radical (unpaired) electrons. The fraction of sp³-hybridized carbons (Fsp3) is 0.667. The zero-order valence-electron chi connectivity index (χ0n) is 16.3. The van der Waals surface area contributed by atoms with Crippen LogP contribution in [-0.2, 0) is 9.84 Å². The van der Waals surface area contributed by atoms with E-state index in [-0.39, 0.29) is 53.3 Å². The minimum absolute atomic E-state index is 0. The van der Waals surface area contributed by atoms with Crippen molar-refractivity contribution in [2.75, 3.05) is 49.1 Å². The lowest BCUT2D eigenvalue weighted by Gasteiger charge is -2.37. The summed E-state index contributed by atoms with van der Waals surface area (Å²) in [5, 5.41) is 3.38. The number of nitrogens with zero attached hydrogens (tertiary/aromatic N) is 4. The molecule has 7 nitrogen and oxygen atoms in total. The maximum absolute atomic E-state index is 14.0. The van der Waals surface area contributed by atoms with Gasteiger partial charge in [-0.05, 0) is 38.3 Å². The van der Waals surface area contributed by atoms with Crippen LogP contribution in [0, 0.1) is 11.7 Å². The number of anilines is 1. The van der Waals surface area contributed by atoms with Crippen LogP contribution in [0.1, 0.15) is 20.3 Å². The number of halogens is 2. The van der Waals surface area contributed by atoms with Crippen molar-refractivity contribution in [3.8, 4) is 0 Å². The van der Waals surface area contributed by atoms with E-state index in [9.17, 15) is 12.8 Å². The predicted molar refractivity (Wildman–Crippen MR) is 121 cm³/mol. The third kappa shape index (κ3) is 6.16. The molecular weight excluding hydrogens is 496 g/mol. The Morgan fingerprint density at radius 1 is 1.36 bits per heavy atom. The van der Waals surface area contributed by atoms with Gasteiger partial charge in [0.25, 0.3) is 0 Å². The Balaban J connectivity index is 0.00000280. The average molecular weight is 525 g/mol. The van der Waals surface area contributed by atoms with E-state index in [1.165, 1.54) is 6.07 Å². The Hall–Kier alpha value is -1.17. The standard InChI is InChI=1S/C18H28FN5O2S.HI/c1-14(2)22-18(21-12-15-5-11-27(25,26)13-15)24-9-7-23(8-10-24)17-16(19)4-3-6-20-17;/h3-4,6,14-15H,5,7-13H2,1-2H3,(H,21,22);1H. The van der Waals surface area contributed by atoms with Crippen LogP contribution < -0.4 is 10.2 Å². The molecule has 1 atom stereocenters. The van der Waals surface area contributed by atoms with E-state index < -0.39 is 9.84 Å². The second kappa shape index (κ2) is 10.0. The molecule has 1 aromatic rings.